The van der Waals surface area contributed by atoms with E-state index in [0.717, 1.165) is 17.7 Å². The smallest absolute Gasteiger partial charge is 0.325 e. The molecule has 4 nitrogen and oxygen atoms in total. The van der Waals surface area contributed by atoms with Gasteiger partial charge in [-0.1, -0.05) is 30.3 Å². The van der Waals surface area contributed by atoms with Crippen molar-refractivity contribution in [1.29, 1.82) is 0 Å². The summed E-state index contributed by atoms with van der Waals surface area (Å²) in [5.41, 5.74) is 0. The lowest BCUT2D eigenvalue weighted by Gasteiger charge is -2.21. The minimum Gasteiger partial charge on any atom is -0.465 e. The fourth-order valence-electron chi connectivity index (χ4n) is 2.64. The highest BCUT2D eigenvalue weighted by Crippen LogP contribution is 2.29. The summed E-state index contributed by atoms with van der Waals surface area (Å²) in [6, 6.07) is 14.6. The van der Waals surface area contributed by atoms with Crippen LogP contribution in [0.3, 0.4) is 0 Å². The van der Waals surface area contributed by atoms with E-state index in [1.54, 1.807) is 11.8 Å². The lowest BCUT2D eigenvalue weighted by Crippen LogP contribution is -2.39. The second-order valence-corrected chi connectivity index (χ2v) is 6.90. The molecule has 0 unspecified atom stereocenters. The first-order chi connectivity index (χ1) is 11.7. The molecular weight excluding hydrogens is 322 g/mol. The fraction of sp³-hybridized carbons (Fsp3) is 0.368. The van der Waals surface area contributed by atoms with Gasteiger partial charge in [0, 0.05) is 10.9 Å². The number of fused-ring (bicyclic) bond motifs is 1. The van der Waals surface area contributed by atoms with Crippen LogP contribution in [0.25, 0.3) is 10.8 Å². The number of nitrogens with zero attached hydrogens (tertiary/aromatic N) is 1. The first-order valence-electron chi connectivity index (χ1n) is 8.24. The van der Waals surface area contributed by atoms with E-state index in [1.807, 2.05) is 18.2 Å². The molecule has 1 amide bonds. The maximum Gasteiger partial charge on any atom is 0.325 e. The molecule has 0 bridgehead atoms. The standard InChI is InChI=1S/C19H21NO3S/c1-2-23-19(22)12-20(16-8-9-16)18(21)13-24-17-10-7-14-5-3-4-6-15(14)11-17/h3-7,10-11,16H,2,8-9,12-13H2,1H3. The maximum atomic E-state index is 12.5. The fourth-order valence-corrected chi connectivity index (χ4v) is 3.47. The van der Waals surface area contributed by atoms with Gasteiger partial charge in [-0.3, -0.25) is 9.59 Å². The lowest BCUT2D eigenvalue weighted by molar-refractivity contribution is -0.148. The van der Waals surface area contributed by atoms with Gasteiger partial charge in [0.1, 0.15) is 6.54 Å². The largest absolute Gasteiger partial charge is 0.465 e. The third-order valence-electron chi connectivity index (χ3n) is 4.00. The van der Waals surface area contributed by atoms with Crippen LogP contribution in [0.2, 0.25) is 0 Å². The first-order valence-corrected chi connectivity index (χ1v) is 9.22. The Morgan fingerprint density at radius 1 is 1.17 bits per heavy atom. The number of rotatable bonds is 7. The zero-order valence-electron chi connectivity index (χ0n) is 13.7. The number of carbonyl (C=O) groups excluding carboxylic acids is 2. The molecule has 0 radical (unpaired) electrons. The Kier molecular flexibility index (Phi) is 5.41. The summed E-state index contributed by atoms with van der Waals surface area (Å²) in [6.45, 7) is 2.18. The van der Waals surface area contributed by atoms with E-state index in [2.05, 4.69) is 24.3 Å². The zero-order chi connectivity index (χ0) is 16.9. The van der Waals surface area contributed by atoms with Gasteiger partial charge in [0.15, 0.2) is 0 Å². The average Bonchev–Trinajstić information content (AvgIpc) is 3.42. The number of esters is 1. The molecule has 126 valence electrons. The Hall–Kier alpha value is -2.01. The Labute approximate surface area is 146 Å². The molecule has 1 fully saturated rings. The molecule has 0 aliphatic heterocycles. The van der Waals surface area contributed by atoms with Crippen molar-refractivity contribution in [2.24, 2.45) is 0 Å². The SMILES string of the molecule is CCOC(=O)CN(C(=O)CSc1ccc2ccccc2c1)C1CC1. The van der Waals surface area contributed by atoms with Gasteiger partial charge in [0.05, 0.1) is 12.4 Å². The molecule has 0 saturated heterocycles. The summed E-state index contributed by atoms with van der Waals surface area (Å²) in [5, 5.41) is 2.36. The Morgan fingerprint density at radius 2 is 1.92 bits per heavy atom. The van der Waals surface area contributed by atoms with Crippen LogP contribution in [0.5, 0.6) is 0 Å². The van der Waals surface area contributed by atoms with E-state index in [-0.39, 0.29) is 24.5 Å². The van der Waals surface area contributed by atoms with E-state index in [1.165, 1.54) is 22.5 Å². The highest BCUT2D eigenvalue weighted by Gasteiger charge is 2.33. The third kappa shape index (κ3) is 4.29. The van der Waals surface area contributed by atoms with Crippen molar-refractivity contribution in [3.8, 4) is 0 Å². The normalized spacial score (nSPS) is 13.7. The summed E-state index contributed by atoms with van der Waals surface area (Å²) in [7, 11) is 0. The van der Waals surface area contributed by atoms with E-state index >= 15 is 0 Å². The molecule has 5 heteroatoms. The first kappa shape index (κ1) is 16.8. The van der Waals surface area contributed by atoms with Gasteiger partial charge in [-0.25, -0.2) is 0 Å². The Bertz CT molecular complexity index is 742. The summed E-state index contributed by atoms with van der Waals surface area (Å²) in [4.78, 5) is 26.9. The maximum absolute atomic E-state index is 12.5. The molecule has 1 saturated carbocycles. The number of hydrogen-bond acceptors (Lipinski definition) is 4. The van der Waals surface area contributed by atoms with Gasteiger partial charge in [0.25, 0.3) is 0 Å². The number of thioether (sulfide) groups is 1. The van der Waals surface area contributed by atoms with Crippen LogP contribution in [-0.4, -0.2) is 41.7 Å². The molecule has 1 aliphatic rings. The van der Waals surface area contributed by atoms with Crippen molar-refractivity contribution in [3.05, 3.63) is 42.5 Å². The van der Waals surface area contributed by atoms with Crippen molar-refractivity contribution in [2.45, 2.75) is 30.7 Å². The van der Waals surface area contributed by atoms with Crippen LogP contribution in [0.4, 0.5) is 0 Å². The van der Waals surface area contributed by atoms with Gasteiger partial charge < -0.3 is 9.64 Å². The van der Waals surface area contributed by atoms with Crippen molar-refractivity contribution >= 4 is 34.4 Å². The summed E-state index contributed by atoms with van der Waals surface area (Å²) in [5.74, 6) is 0.0194. The summed E-state index contributed by atoms with van der Waals surface area (Å²) >= 11 is 1.51. The number of ether oxygens (including phenoxy) is 1. The summed E-state index contributed by atoms with van der Waals surface area (Å²) < 4.78 is 4.97. The van der Waals surface area contributed by atoms with Gasteiger partial charge >= 0.3 is 5.97 Å². The molecule has 2 aromatic carbocycles. The molecule has 0 aromatic heterocycles. The highest BCUT2D eigenvalue weighted by molar-refractivity contribution is 8.00. The second kappa shape index (κ2) is 7.71. The molecule has 0 atom stereocenters. The highest BCUT2D eigenvalue weighted by atomic mass is 32.2. The topological polar surface area (TPSA) is 46.6 Å². The molecule has 0 spiro atoms. The monoisotopic (exact) mass is 343 g/mol. The van der Waals surface area contributed by atoms with Crippen molar-refractivity contribution in [2.75, 3.05) is 18.9 Å². The van der Waals surface area contributed by atoms with Gasteiger partial charge in [-0.05, 0) is 42.7 Å². The van der Waals surface area contributed by atoms with E-state index < -0.39 is 0 Å². The Balaban J connectivity index is 1.60. The van der Waals surface area contributed by atoms with Crippen LogP contribution in [0.1, 0.15) is 19.8 Å². The van der Waals surface area contributed by atoms with Gasteiger partial charge in [0.2, 0.25) is 5.91 Å². The van der Waals surface area contributed by atoms with E-state index in [0.29, 0.717) is 12.4 Å². The number of amides is 1. The average molecular weight is 343 g/mol. The van der Waals surface area contributed by atoms with Crippen LogP contribution >= 0.6 is 11.8 Å². The lowest BCUT2D eigenvalue weighted by atomic mass is 10.1. The van der Waals surface area contributed by atoms with Crippen LogP contribution in [0.15, 0.2) is 47.4 Å². The Morgan fingerprint density at radius 3 is 2.62 bits per heavy atom. The minimum absolute atomic E-state index is 0.00344. The molecule has 1 aliphatic carbocycles. The molecule has 0 N–H and O–H groups in total. The molecule has 2 aromatic rings. The van der Waals surface area contributed by atoms with Crippen LogP contribution in [-0.2, 0) is 14.3 Å². The number of benzene rings is 2. The molecule has 3 rings (SSSR count). The molecular formula is C19H21NO3S. The van der Waals surface area contributed by atoms with Crippen molar-refractivity contribution in [3.63, 3.8) is 0 Å². The van der Waals surface area contributed by atoms with Crippen LogP contribution in [0, 0.1) is 0 Å². The summed E-state index contributed by atoms with van der Waals surface area (Å²) in [6.07, 6.45) is 1.96. The van der Waals surface area contributed by atoms with Gasteiger partial charge in [-0.15, -0.1) is 11.8 Å². The van der Waals surface area contributed by atoms with Crippen LogP contribution < -0.4 is 0 Å². The minimum atomic E-state index is -0.326. The molecule has 0 heterocycles. The number of carbonyl (C=O) groups is 2. The second-order valence-electron chi connectivity index (χ2n) is 5.86. The van der Waals surface area contributed by atoms with Gasteiger partial charge in [-0.2, -0.15) is 0 Å². The van der Waals surface area contributed by atoms with E-state index in [9.17, 15) is 9.59 Å². The zero-order valence-corrected chi connectivity index (χ0v) is 14.6. The predicted molar refractivity (Wildman–Crippen MR) is 96.0 cm³/mol. The van der Waals surface area contributed by atoms with Crippen molar-refractivity contribution in [1.82, 2.24) is 4.90 Å². The number of hydrogen-bond donors (Lipinski definition) is 0. The van der Waals surface area contributed by atoms with Crippen molar-refractivity contribution < 1.29 is 14.3 Å². The third-order valence-corrected chi connectivity index (χ3v) is 4.97. The quantitative estimate of drug-likeness (QED) is 0.570. The predicted octanol–water partition coefficient (Wildman–Crippen LogP) is 3.49. The molecule has 24 heavy (non-hydrogen) atoms. The van der Waals surface area contributed by atoms with E-state index in [4.69, 9.17) is 4.74 Å².